The molecule has 0 radical (unpaired) electrons. The summed E-state index contributed by atoms with van der Waals surface area (Å²) >= 11 is 3.44. The number of aromatic nitrogens is 2. The van der Waals surface area contributed by atoms with Gasteiger partial charge in [-0.3, -0.25) is 4.79 Å². The van der Waals surface area contributed by atoms with Crippen molar-refractivity contribution in [3.63, 3.8) is 0 Å². The van der Waals surface area contributed by atoms with Crippen molar-refractivity contribution in [3.8, 4) is 0 Å². The Kier molecular flexibility index (Phi) is 3.87. The number of carbonyl (C=O) groups is 1. The van der Waals surface area contributed by atoms with Crippen molar-refractivity contribution in [2.24, 2.45) is 0 Å². The lowest BCUT2D eigenvalue weighted by Gasteiger charge is -2.31. The normalized spacial score (nSPS) is 16.4. The highest BCUT2D eigenvalue weighted by Crippen LogP contribution is 2.27. The van der Waals surface area contributed by atoms with Crippen molar-refractivity contribution in [2.75, 3.05) is 13.1 Å². The number of likely N-dealkylation sites (tertiary alicyclic amines) is 1. The summed E-state index contributed by atoms with van der Waals surface area (Å²) in [5.41, 5.74) is 0.740. The minimum Gasteiger partial charge on any atom is -0.348 e. The smallest absolute Gasteiger partial charge is 0.254 e. The van der Waals surface area contributed by atoms with Gasteiger partial charge in [-0.15, -0.1) is 0 Å². The first-order chi connectivity index (χ1) is 9.75. The maximum Gasteiger partial charge on any atom is 0.254 e. The van der Waals surface area contributed by atoms with Crippen LogP contribution in [0.25, 0.3) is 0 Å². The summed E-state index contributed by atoms with van der Waals surface area (Å²) in [6, 6.07) is 7.59. The molecule has 2 heterocycles. The van der Waals surface area contributed by atoms with Crippen molar-refractivity contribution in [2.45, 2.75) is 18.8 Å². The van der Waals surface area contributed by atoms with Crippen molar-refractivity contribution < 1.29 is 4.79 Å². The maximum atomic E-state index is 12.5. The lowest BCUT2D eigenvalue weighted by Crippen LogP contribution is -2.38. The number of rotatable bonds is 2. The lowest BCUT2D eigenvalue weighted by atomic mass is 9.95. The standard InChI is InChI=1S/C15H16BrN3O/c16-13-4-2-1-3-12(13)15(20)19-9-5-11(6-10-19)14-17-7-8-18-14/h1-4,7-8,11H,5-6,9-10H2,(H,17,18). The molecule has 0 aliphatic carbocycles. The number of imidazole rings is 1. The van der Waals surface area contributed by atoms with Crippen molar-refractivity contribution in [1.29, 1.82) is 0 Å². The molecule has 0 spiro atoms. The molecule has 0 bridgehead atoms. The first-order valence-corrected chi connectivity index (χ1v) is 7.58. The predicted molar refractivity (Wildman–Crippen MR) is 80.6 cm³/mol. The van der Waals surface area contributed by atoms with Crippen LogP contribution >= 0.6 is 15.9 Å². The Morgan fingerprint density at radius 3 is 2.70 bits per heavy atom. The zero-order valence-electron chi connectivity index (χ0n) is 11.1. The Labute approximate surface area is 126 Å². The van der Waals surface area contributed by atoms with E-state index in [-0.39, 0.29) is 5.91 Å². The predicted octanol–water partition coefficient (Wildman–Crippen LogP) is 3.19. The SMILES string of the molecule is O=C(c1ccccc1Br)N1CCC(c2ncc[nH]2)CC1. The molecule has 0 atom stereocenters. The van der Waals surface area contributed by atoms with E-state index in [0.717, 1.165) is 41.8 Å². The second kappa shape index (κ2) is 5.79. The van der Waals surface area contributed by atoms with Crippen LogP contribution in [0.3, 0.4) is 0 Å². The number of halogens is 1. The van der Waals surface area contributed by atoms with E-state index >= 15 is 0 Å². The van der Waals surface area contributed by atoms with Crippen LogP contribution in [0.4, 0.5) is 0 Å². The average molecular weight is 334 g/mol. The highest BCUT2D eigenvalue weighted by atomic mass is 79.9. The molecule has 1 fully saturated rings. The molecule has 1 N–H and O–H groups in total. The monoisotopic (exact) mass is 333 g/mol. The highest BCUT2D eigenvalue weighted by molar-refractivity contribution is 9.10. The number of aromatic amines is 1. The Morgan fingerprint density at radius 1 is 1.30 bits per heavy atom. The molecular weight excluding hydrogens is 318 g/mol. The number of nitrogens with zero attached hydrogens (tertiary/aromatic N) is 2. The number of nitrogens with one attached hydrogen (secondary N) is 1. The largest absolute Gasteiger partial charge is 0.348 e. The molecule has 1 aliphatic rings. The number of amides is 1. The van der Waals surface area contributed by atoms with Crippen LogP contribution < -0.4 is 0 Å². The minimum absolute atomic E-state index is 0.107. The zero-order chi connectivity index (χ0) is 13.9. The fourth-order valence-corrected chi connectivity index (χ4v) is 3.12. The fourth-order valence-electron chi connectivity index (χ4n) is 2.66. The summed E-state index contributed by atoms with van der Waals surface area (Å²) in [6.45, 7) is 1.57. The number of hydrogen-bond acceptors (Lipinski definition) is 2. The van der Waals surface area contributed by atoms with E-state index in [1.54, 1.807) is 6.20 Å². The van der Waals surface area contributed by atoms with Gasteiger partial charge in [0.15, 0.2) is 0 Å². The van der Waals surface area contributed by atoms with Crippen molar-refractivity contribution in [3.05, 3.63) is 52.5 Å². The maximum absolute atomic E-state index is 12.5. The van der Waals surface area contributed by atoms with Gasteiger partial charge >= 0.3 is 0 Å². The molecule has 0 unspecified atom stereocenters. The van der Waals surface area contributed by atoms with Crippen LogP contribution in [0, 0.1) is 0 Å². The summed E-state index contributed by atoms with van der Waals surface area (Å²) in [6.07, 6.45) is 5.56. The number of hydrogen-bond donors (Lipinski definition) is 1. The number of piperidine rings is 1. The van der Waals surface area contributed by atoms with Crippen LogP contribution in [-0.2, 0) is 0 Å². The zero-order valence-corrected chi connectivity index (χ0v) is 12.6. The van der Waals surface area contributed by atoms with Gasteiger partial charge in [-0.25, -0.2) is 4.98 Å². The average Bonchev–Trinajstić information content (AvgIpc) is 3.01. The van der Waals surface area contributed by atoms with Crippen LogP contribution in [-0.4, -0.2) is 33.9 Å². The van der Waals surface area contributed by atoms with Gasteiger partial charge in [0.1, 0.15) is 5.82 Å². The molecule has 0 saturated carbocycles. The summed E-state index contributed by atoms with van der Waals surface area (Å²) in [5, 5.41) is 0. The summed E-state index contributed by atoms with van der Waals surface area (Å²) < 4.78 is 0.859. The molecule has 3 rings (SSSR count). The molecule has 1 aromatic heterocycles. The summed E-state index contributed by atoms with van der Waals surface area (Å²) in [7, 11) is 0. The van der Waals surface area contributed by atoms with E-state index < -0.39 is 0 Å². The number of H-pyrrole nitrogens is 1. The second-order valence-corrected chi connectivity index (χ2v) is 5.88. The summed E-state index contributed by atoms with van der Waals surface area (Å²) in [5.74, 6) is 1.58. The summed E-state index contributed by atoms with van der Waals surface area (Å²) in [4.78, 5) is 21.9. The van der Waals surface area contributed by atoms with Crippen LogP contribution in [0.5, 0.6) is 0 Å². The van der Waals surface area contributed by atoms with Crippen LogP contribution in [0.15, 0.2) is 41.1 Å². The van der Waals surface area contributed by atoms with Crippen molar-refractivity contribution >= 4 is 21.8 Å². The molecule has 1 aliphatic heterocycles. The van der Waals surface area contributed by atoms with Gasteiger partial charge < -0.3 is 9.88 Å². The van der Waals surface area contributed by atoms with E-state index in [1.807, 2.05) is 35.4 Å². The van der Waals surface area contributed by atoms with Crippen LogP contribution in [0.2, 0.25) is 0 Å². The molecule has 1 amide bonds. The van der Waals surface area contributed by atoms with Crippen LogP contribution in [0.1, 0.15) is 34.9 Å². The Balaban J connectivity index is 1.66. The molecule has 1 saturated heterocycles. The third kappa shape index (κ3) is 2.63. The highest BCUT2D eigenvalue weighted by Gasteiger charge is 2.26. The minimum atomic E-state index is 0.107. The van der Waals surface area contributed by atoms with E-state index in [9.17, 15) is 4.79 Å². The molecule has 2 aromatic rings. The fraction of sp³-hybridized carbons (Fsp3) is 0.333. The molecule has 5 heteroatoms. The third-order valence-electron chi connectivity index (χ3n) is 3.79. The van der Waals surface area contributed by atoms with Gasteiger partial charge in [-0.1, -0.05) is 12.1 Å². The van der Waals surface area contributed by atoms with Gasteiger partial charge in [0.2, 0.25) is 0 Å². The van der Waals surface area contributed by atoms with Gasteiger partial charge in [0, 0.05) is 35.9 Å². The Bertz CT molecular complexity index is 589. The van der Waals surface area contributed by atoms with Gasteiger partial charge in [0.25, 0.3) is 5.91 Å². The van der Waals surface area contributed by atoms with E-state index in [2.05, 4.69) is 25.9 Å². The topological polar surface area (TPSA) is 49.0 Å². The van der Waals surface area contributed by atoms with Crippen molar-refractivity contribution in [1.82, 2.24) is 14.9 Å². The lowest BCUT2D eigenvalue weighted by molar-refractivity contribution is 0.0710. The first kappa shape index (κ1) is 13.4. The number of benzene rings is 1. The van der Waals surface area contributed by atoms with E-state index in [4.69, 9.17) is 0 Å². The Morgan fingerprint density at radius 2 is 2.05 bits per heavy atom. The Hall–Kier alpha value is -1.62. The number of carbonyl (C=O) groups excluding carboxylic acids is 1. The second-order valence-electron chi connectivity index (χ2n) is 5.02. The molecule has 104 valence electrons. The molecule has 4 nitrogen and oxygen atoms in total. The third-order valence-corrected chi connectivity index (χ3v) is 4.48. The first-order valence-electron chi connectivity index (χ1n) is 6.79. The quantitative estimate of drug-likeness (QED) is 0.917. The molecule has 20 heavy (non-hydrogen) atoms. The van der Waals surface area contributed by atoms with E-state index in [0.29, 0.717) is 5.92 Å². The van der Waals surface area contributed by atoms with Gasteiger partial charge in [-0.05, 0) is 40.9 Å². The van der Waals surface area contributed by atoms with E-state index in [1.165, 1.54) is 0 Å². The molecular formula is C15H16BrN3O. The molecule has 1 aromatic carbocycles. The van der Waals surface area contributed by atoms with Gasteiger partial charge in [0.05, 0.1) is 5.56 Å². The van der Waals surface area contributed by atoms with Gasteiger partial charge in [-0.2, -0.15) is 0 Å².